The normalized spacial score (nSPS) is 22.0. The van der Waals surface area contributed by atoms with Gasteiger partial charge in [-0.1, -0.05) is 60.7 Å². The average Bonchev–Trinajstić information content (AvgIpc) is 2.85. The van der Waals surface area contributed by atoms with Crippen molar-refractivity contribution in [3.8, 4) is 0 Å². The summed E-state index contributed by atoms with van der Waals surface area (Å²) in [6.45, 7) is 4.68. The molecule has 6 nitrogen and oxygen atoms in total. The highest BCUT2D eigenvalue weighted by Crippen LogP contribution is 2.34. The molecule has 0 spiro atoms. The molecule has 2 atom stereocenters. The molecule has 2 saturated heterocycles. The number of piperidine rings is 1. The predicted molar refractivity (Wildman–Crippen MR) is 124 cm³/mol. The van der Waals surface area contributed by atoms with Crippen molar-refractivity contribution < 1.29 is 14.3 Å². The van der Waals surface area contributed by atoms with Gasteiger partial charge in [-0.05, 0) is 24.0 Å². The SMILES string of the molecule is COCC(=O)N1CC(C(=O)N2CCN(Cc3ccccc3)CC2)CCC1c1ccccc1. The molecule has 32 heavy (non-hydrogen) atoms. The number of piperazine rings is 1. The van der Waals surface area contributed by atoms with Gasteiger partial charge in [0.05, 0.1) is 12.0 Å². The van der Waals surface area contributed by atoms with Crippen LogP contribution in [0.5, 0.6) is 0 Å². The fourth-order valence-electron chi connectivity index (χ4n) is 4.90. The largest absolute Gasteiger partial charge is 0.375 e. The molecule has 0 N–H and O–H groups in total. The van der Waals surface area contributed by atoms with Gasteiger partial charge in [-0.3, -0.25) is 14.5 Å². The number of benzene rings is 2. The second kappa shape index (κ2) is 10.7. The van der Waals surface area contributed by atoms with Gasteiger partial charge in [-0.15, -0.1) is 0 Å². The molecule has 2 aliphatic rings. The van der Waals surface area contributed by atoms with Crippen LogP contribution in [0.1, 0.15) is 30.0 Å². The van der Waals surface area contributed by atoms with E-state index in [1.54, 1.807) is 0 Å². The van der Waals surface area contributed by atoms with E-state index in [9.17, 15) is 9.59 Å². The van der Waals surface area contributed by atoms with Crippen LogP contribution in [0.2, 0.25) is 0 Å². The fraction of sp³-hybridized carbons (Fsp3) is 0.462. The van der Waals surface area contributed by atoms with E-state index in [1.807, 2.05) is 34.1 Å². The van der Waals surface area contributed by atoms with E-state index in [4.69, 9.17) is 4.74 Å². The summed E-state index contributed by atoms with van der Waals surface area (Å²) in [5, 5.41) is 0. The lowest BCUT2D eigenvalue weighted by Crippen LogP contribution is -2.53. The van der Waals surface area contributed by atoms with E-state index in [-0.39, 0.29) is 30.4 Å². The van der Waals surface area contributed by atoms with Gasteiger partial charge >= 0.3 is 0 Å². The molecular weight excluding hydrogens is 402 g/mol. The maximum atomic E-state index is 13.3. The molecule has 170 valence electrons. The van der Waals surface area contributed by atoms with Crippen LogP contribution in [-0.4, -0.2) is 73.0 Å². The lowest BCUT2D eigenvalue weighted by molar-refractivity contribution is -0.146. The number of hydrogen-bond donors (Lipinski definition) is 0. The highest BCUT2D eigenvalue weighted by Gasteiger charge is 2.37. The molecule has 0 aromatic heterocycles. The number of carbonyl (C=O) groups is 2. The van der Waals surface area contributed by atoms with E-state index < -0.39 is 0 Å². The third-order valence-corrected chi connectivity index (χ3v) is 6.64. The summed E-state index contributed by atoms with van der Waals surface area (Å²) in [4.78, 5) is 32.4. The fourth-order valence-corrected chi connectivity index (χ4v) is 4.90. The number of hydrogen-bond acceptors (Lipinski definition) is 4. The Kier molecular flexibility index (Phi) is 7.55. The van der Waals surface area contributed by atoms with Crippen molar-refractivity contribution in [2.75, 3.05) is 46.4 Å². The average molecular weight is 436 g/mol. The van der Waals surface area contributed by atoms with Gasteiger partial charge in [0.25, 0.3) is 0 Å². The summed E-state index contributed by atoms with van der Waals surface area (Å²) < 4.78 is 5.12. The molecular formula is C26H33N3O3. The quantitative estimate of drug-likeness (QED) is 0.700. The molecule has 2 aromatic carbocycles. The summed E-state index contributed by atoms with van der Waals surface area (Å²) in [5.41, 5.74) is 2.43. The molecule has 4 rings (SSSR count). The topological polar surface area (TPSA) is 53.1 Å². The van der Waals surface area contributed by atoms with Gasteiger partial charge in [-0.2, -0.15) is 0 Å². The van der Waals surface area contributed by atoms with E-state index in [1.165, 1.54) is 12.7 Å². The van der Waals surface area contributed by atoms with Crippen molar-refractivity contribution in [2.45, 2.75) is 25.4 Å². The molecule has 6 heteroatoms. The molecule has 2 amide bonds. The van der Waals surface area contributed by atoms with Crippen molar-refractivity contribution in [1.29, 1.82) is 0 Å². The zero-order valence-corrected chi connectivity index (χ0v) is 18.9. The van der Waals surface area contributed by atoms with Gasteiger partial charge < -0.3 is 14.5 Å². The first-order chi connectivity index (χ1) is 15.7. The summed E-state index contributed by atoms with van der Waals surface area (Å²) in [6, 6.07) is 20.6. The number of carbonyl (C=O) groups excluding carboxylic acids is 2. The van der Waals surface area contributed by atoms with Crippen LogP contribution in [0.4, 0.5) is 0 Å². The Morgan fingerprint density at radius 2 is 1.56 bits per heavy atom. The molecule has 2 heterocycles. The first kappa shape index (κ1) is 22.5. The Morgan fingerprint density at radius 1 is 0.906 bits per heavy atom. The van der Waals surface area contributed by atoms with Crippen molar-refractivity contribution in [2.24, 2.45) is 5.92 Å². The second-order valence-electron chi connectivity index (χ2n) is 8.77. The van der Waals surface area contributed by atoms with Crippen LogP contribution in [-0.2, 0) is 20.9 Å². The van der Waals surface area contributed by atoms with E-state index in [0.717, 1.165) is 51.1 Å². The number of amides is 2. The number of likely N-dealkylation sites (tertiary alicyclic amines) is 1. The minimum Gasteiger partial charge on any atom is -0.375 e. The third-order valence-electron chi connectivity index (χ3n) is 6.64. The zero-order chi connectivity index (χ0) is 22.3. The standard InChI is InChI=1S/C26H33N3O3/c1-32-20-25(30)29-19-23(12-13-24(29)22-10-6-3-7-11-22)26(31)28-16-14-27(15-17-28)18-21-8-4-2-5-9-21/h2-11,23-24H,12-20H2,1H3. The summed E-state index contributed by atoms with van der Waals surface area (Å²) in [5.74, 6) is -0.00550. The molecule has 2 fully saturated rings. The van der Waals surface area contributed by atoms with Crippen molar-refractivity contribution in [1.82, 2.24) is 14.7 Å². The summed E-state index contributed by atoms with van der Waals surface area (Å²) in [7, 11) is 1.54. The molecule has 0 bridgehead atoms. The van der Waals surface area contributed by atoms with Crippen LogP contribution >= 0.6 is 0 Å². The Balaban J connectivity index is 1.36. The predicted octanol–water partition coefficient (Wildman–Crippen LogP) is 2.96. The van der Waals surface area contributed by atoms with E-state index in [2.05, 4.69) is 41.3 Å². The maximum absolute atomic E-state index is 13.3. The van der Waals surface area contributed by atoms with Crippen LogP contribution in [0.3, 0.4) is 0 Å². The first-order valence-electron chi connectivity index (χ1n) is 11.5. The highest BCUT2D eigenvalue weighted by molar-refractivity contribution is 5.82. The highest BCUT2D eigenvalue weighted by atomic mass is 16.5. The lowest BCUT2D eigenvalue weighted by Gasteiger charge is -2.42. The van der Waals surface area contributed by atoms with E-state index in [0.29, 0.717) is 6.54 Å². The van der Waals surface area contributed by atoms with Gasteiger partial charge in [0.15, 0.2) is 0 Å². The molecule has 2 aliphatic heterocycles. The van der Waals surface area contributed by atoms with Gasteiger partial charge in [0.1, 0.15) is 6.61 Å². The van der Waals surface area contributed by atoms with Crippen LogP contribution < -0.4 is 0 Å². The second-order valence-corrected chi connectivity index (χ2v) is 8.77. The van der Waals surface area contributed by atoms with Crippen LogP contribution in [0.15, 0.2) is 60.7 Å². The van der Waals surface area contributed by atoms with E-state index >= 15 is 0 Å². The van der Waals surface area contributed by atoms with Gasteiger partial charge in [0.2, 0.25) is 11.8 Å². The smallest absolute Gasteiger partial charge is 0.249 e. The third kappa shape index (κ3) is 5.37. The van der Waals surface area contributed by atoms with Gasteiger partial charge in [-0.25, -0.2) is 0 Å². The number of rotatable bonds is 6. The first-order valence-corrected chi connectivity index (χ1v) is 11.5. The van der Waals surface area contributed by atoms with Gasteiger partial charge in [0, 0.05) is 46.4 Å². The molecule has 2 aromatic rings. The number of nitrogens with zero attached hydrogens (tertiary/aromatic N) is 3. The molecule has 0 aliphatic carbocycles. The number of ether oxygens (including phenoxy) is 1. The molecule has 0 saturated carbocycles. The van der Waals surface area contributed by atoms with Crippen LogP contribution in [0.25, 0.3) is 0 Å². The van der Waals surface area contributed by atoms with Crippen molar-refractivity contribution >= 4 is 11.8 Å². The summed E-state index contributed by atoms with van der Waals surface area (Å²) in [6.07, 6.45) is 1.60. The maximum Gasteiger partial charge on any atom is 0.249 e. The molecule has 2 unspecified atom stereocenters. The Bertz CT molecular complexity index is 882. The van der Waals surface area contributed by atoms with Crippen molar-refractivity contribution in [3.63, 3.8) is 0 Å². The molecule has 0 radical (unpaired) electrons. The Labute approximate surface area is 190 Å². The minimum atomic E-state index is -0.142. The summed E-state index contributed by atoms with van der Waals surface area (Å²) >= 11 is 0. The van der Waals surface area contributed by atoms with Crippen molar-refractivity contribution in [3.05, 3.63) is 71.8 Å². The Morgan fingerprint density at radius 3 is 2.22 bits per heavy atom. The monoisotopic (exact) mass is 435 g/mol. The Hall–Kier alpha value is -2.70. The lowest BCUT2D eigenvalue weighted by atomic mass is 9.88. The zero-order valence-electron chi connectivity index (χ0n) is 18.9. The minimum absolute atomic E-state index is 0.00520. The van der Waals surface area contributed by atoms with Crippen LogP contribution in [0, 0.1) is 5.92 Å². The number of methoxy groups -OCH3 is 1.